The molecular weight excluding hydrogens is 356 g/mol. The van der Waals surface area contributed by atoms with Gasteiger partial charge in [-0.2, -0.15) is 10.2 Å². The van der Waals surface area contributed by atoms with Gasteiger partial charge >= 0.3 is 5.97 Å². The number of carbonyl (C=O) groups excluding carboxylic acids is 1. The Morgan fingerprint density at radius 3 is 2.61 bits per heavy atom. The molecule has 0 radical (unpaired) electrons. The number of nitrogens with zero attached hydrogens (tertiary/aromatic N) is 4. The monoisotopic (exact) mass is 374 g/mol. The summed E-state index contributed by atoms with van der Waals surface area (Å²) in [5, 5.41) is 22.0. The van der Waals surface area contributed by atoms with Gasteiger partial charge in [0, 0.05) is 29.8 Å². The summed E-state index contributed by atoms with van der Waals surface area (Å²) >= 11 is 0. The van der Waals surface area contributed by atoms with E-state index in [2.05, 4.69) is 10.2 Å². The molecule has 0 aliphatic carbocycles. The number of hydrogen-bond donors (Lipinski definition) is 1. The highest BCUT2D eigenvalue weighted by Crippen LogP contribution is 2.43. The van der Waals surface area contributed by atoms with Crippen molar-refractivity contribution in [3.63, 3.8) is 0 Å². The molecule has 1 unspecified atom stereocenters. The van der Waals surface area contributed by atoms with Crippen LogP contribution in [0.1, 0.15) is 24.8 Å². The first kappa shape index (κ1) is 17.8. The zero-order valence-corrected chi connectivity index (χ0v) is 15.0. The van der Waals surface area contributed by atoms with Crippen LogP contribution in [-0.2, 0) is 15.1 Å². The lowest BCUT2D eigenvalue weighted by Gasteiger charge is -2.27. The summed E-state index contributed by atoms with van der Waals surface area (Å²) < 4.78 is 1.77. The van der Waals surface area contributed by atoms with Crippen molar-refractivity contribution in [1.29, 1.82) is 0 Å². The van der Waals surface area contributed by atoms with Crippen molar-refractivity contribution in [3.8, 4) is 11.3 Å². The van der Waals surface area contributed by atoms with Crippen molar-refractivity contribution in [2.24, 2.45) is 10.2 Å². The number of rotatable bonds is 6. The smallest absolute Gasteiger partial charge is 0.303 e. The summed E-state index contributed by atoms with van der Waals surface area (Å²) in [6, 6.07) is 15.5. The van der Waals surface area contributed by atoms with Crippen LogP contribution in [0.2, 0.25) is 0 Å². The van der Waals surface area contributed by atoms with Crippen LogP contribution in [0, 0.1) is 0 Å². The topological polar surface area (TPSA) is 96.4 Å². The van der Waals surface area contributed by atoms with Gasteiger partial charge in [0.2, 0.25) is 0 Å². The minimum atomic E-state index is -0.947. The molecule has 0 bridgehead atoms. The van der Waals surface area contributed by atoms with Gasteiger partial charge in [-0.05, 0) is 31.1 Å². The van der Waals surface area contributed by atoms with E-state index >= 15 is 0 Å². The predicted molar refractivity (Wildman–Crippen MR) is 103 cm³/mol. The number of hydrogen-bond acceptors (Lipinski definition) is 4. The molecule has 0 spiro atoms. The number of aliphatic carboxylic acids is 1. The maximum Gasteiger partial charge on any atom is 0.303 e. The molecule has 1 aliphatic rings. The van der Waals surface area contributed by atoms with Crippen molar-refractivity contribution >= 4 is 17.4 Å². The van der Waals surface area contributed by atoms with Crippen molar-refractivity contribution in [2.75, 3.05) is 0 Å². The van der Waals surface area contributed by atoms with Crippen molar-refractivity contribution < 1.29 is 14.7 Å². The summed E-state index contributed by atoms with van der Waals surface area (Å²) in [5.74, 6) is -1.29. The van der Waals surface area contributed by atoms with Crippen LogP contribution in [-0.4, -0.2) is 26.6 Å². The summed E-state index contributed by atoms with van der Waals surface area (Å²) in [6.45, 7) is 0. The molecular formula is C21H18N4O3. The molecule has 1 amide bonds. The fourth-order valence-corrected chi connectivity index (χ4v) is 3.54. The van der Waals surface area contributed by atoms with Crippen molar-refractivity contribution in [1.82, 2.24) is 9.61 Å². The third-order valence-corrected chi connectivity index (χ3v) is 4.80. The standard InChI is InChI=1S/C21H18N4O3/c26-17-11-13-21(24-22-17,12-6-10-18(27)28)19-16-9-4-5-14-25(16)23-20(19)15-7-2-1-3-8-15/h1-5,7-9,11,13-14H,6,10,12H2,(H,27,28). The van der Waals surface area contributed by atoms with E-state index in [1.807, 2.05) is 54.7 Å². The zero-order chi connectivity index (χ0) is 19.6. The van der Waals surface area contributed by atoms with E-state index in [1.165, 1.54) is 6.08 Å². The molecule has 7 nitrogen and oxygen atoms in total. The molecule has 0 fully saturated rings. The van der Waals surface area contributed by atoms with Crippen molar-refractivity contribution in [2.45, 2.75) is 24.8 Å². The van der Waals surface area contributed by atoms with Gasteiger partial charge in [0.05, 0.1) is 11.2 Å². The Kier molecular flexibility index (Phi) is 4.57. The first-order valence-corrected chi connectivity index (χ1v) is 9.00. The lowest BCUT2D eigenvalue weighted by molar-refractivity contribution is -0.137. The van der Waals surface area contributed by atoms with Gasteiger partial charge in [-0.15, -0.1) is 5.11 Å². The molecule has 3 aromatic rings. The highest BCUT2D eigenvalue weighted by Gasteiger charge is 2.38. The first-order chi connectivity index (χ1) is 13.6. The highest BCUT2D eigenvalue weighted by atomic mass is 16.4. The molecule has 140 valence electrons. The number of amides is 1. The van der Waals surface area contributed by atoms with Crippen LogP contribution in [0.3, 0.4) is 0 Å². The van der Waals surface area contributed by atoms with Crippen LogP contribution in [0.4, 0.5) is 0 Å². The molecule has 2 aromatic heterocycles. The number of pyridine rings is 1. The zero-order valence-electron chi connectivity index (χ0n) is 15.0. The Bertz CT molecular complexity index is 1080. The summed E-state index contributed by atoms with van der Waals surface area (Å²) in [5.41, 5.74) is 2.36. The van der Waals surface area contributed by atoms with Gasteiger partial charge < -0.3 is 5.11 Å². The Balaban J connectivity index is 1.93. The van der Waals surface area contributed by atoms with Gasteiger partial charge in [-0.25, -0.2) is 4.52 Å². The Morgan fingerprint density at radius 2 is 1.89 bits per heavy atom. The quantitative estimate of drug-likeness (QED) is 0.705. The minimum Gasteiger partial charge on any atom is -0.481 e. The third kappa shape index (κ3) is 3.22. The van der Waals surface area contributed by atoms with Crippen LogP contribution in [0.5, 0.6) is 0 Å². The lowest BCUT2D eigenvalue weighted by atomic mass is 9.82. The molecule has 0 saturated carbocycles. The number of carboxylic acids is 1. The molecule has 7 heteroatoms. The fraction of sp³-hybridized carbons (Fsp3) is 0.190. The Hall–Kier alpha value is -3.61. The summed E-state index contributed by atoms with van der Waals surface area (Å²) in [7, 11) is 0. The largest absolute Gasteiger partial charge is 0.481 e. The van der Waals surface area contributed by atoms with Crippen LogP contribution < -0.4 is 0 Å². The van der Waals surface area contributed by atoms with Crippen LogP contribution in [0.15, 0.2) is 77.1 Å². The predicted octanol–water partition coefficient (Wildman–Crippen LogP) is 4.00. The number of carboxylic acid groups (broad SMARTS) is 1. The number of carbonyl (C=O) groups is 2. The number of aromatic nitrogens is 2. The van der Waals surface area contributed by atoms with E-state index < -0.39 is 17.4 Å². The molecule has 3 heterocycles. The van der Waals surface area contributed by atoms with Gasteiger partial charge in [-0.3, -0.25) is 9.59 Å². The lowest BCUT2D eigenvalue weighted by Crippen LogP contribution is -2.24. The van der Waals surface area contributed by atoms with Gasteiger partial charge in [0.15, 0.2) is 0 Å². The minimum absolute atomic E-state index is 0.0128. The molecule has 1 aromatic carbocycles. The Labute approximate surface area is 161 Å². The average molecular weight is 374 g/mol. The van der Waals surface area contributed by atoms with Gasteiger partial charge in [0.1, 0.15) is 5.54 Å². The Morgan fingerprint density at radius 1 is 1.11 bits per heavy atom. The van der Waals surface area contributed by atoms with E-state index in [1.54, 1.807) is 10.6 Å². The third-order valence-electron chi connectivity index (χ3n) is 4.80. The molecule has 28 heavy (non-hydrogen) atoms. The SMILES string of the molecule is O=C(O)CCCC1(c2c(-c3ccccc3)nn3ccccc23)C=CC(=O)N=N1. The van der Waals surface area contributed by atoms with Crippen LogP contribution >= 0.6 is 0 Å². The molecule has 1 aliphatic heterocycles. The second-order valence-electron chi connectivity index (χ2n) is 6.66. The maximum atomic E-state index is 11.7. The van der Waals surface area contributed by atoms with Crippen molar-refractivity contribution in [3.05, 3.63) is 72.4 Å². The van der Waals surface area contributed by atoms with E-state index in [4.69, 9.17) is 10.2 Å². The van der Waals surface area contributed by atoms with Crippen LogP contribution in [0.25, 0.3) is 16.8 Å². The summed E-state index contributed by atoms with van der Waals surface area (Å²) in [4.78, 5) is 22.7. The normalized spacial score (nSPS) is 18.6. The highest BCUT2D eigenvalue weighted by molar-refractivity contribution is 5.89. The fourth-order valence-electron chi connectivity index (χ4n) is 3.54. The number of benzene rings is 1. The van der Waals surface area contributed by atoms with Gasteiger partial charge in [0.25, 0.3) is 5.91 Å². The van der Waals surface area contributed by atoms with Gasteiger partial charge in [-0.1, -0.05) is 36.4 Å². The first-order valence-electron chi connectivity index (χ1n) is 9.00. The second-order valence-corrected chi connectivity index (χ2v) is 6.66. The number of fused-ring (bicyclic) bond motifs is 1. The van der Waals surface area contributed by atoms with E-state index in [0.29, 0.717) is 12.8 Å². The van der Waals surface area contributed by atoms with E-state index in [-0.39, 0.29) is 6.42 Å². The number of azo groups is 1. The molecule has 4 rings (SSSR count). The average Bonchev–Trinajstić information content (AvgIpc) is 3.10. The second kappa shape index (κ2) is 7.19. The summed E-state index contributed by atoms with van der Waals surface area (Å²) in [6.07, 6.45) is 5.79. The van der Waals surface area contributed by atoms with E-state index in [9.17, 15) is 9.59 Å². The molecule has 1 N–H and O–H groups in total. The molecule has 1 atom stereocenters. The maximum absolute atomic E-state index is 11.7. The van der Waals surface area contributed by atoms with E-state index in [0.717, 1.165) is 22.3 Å². The molecule has 0 saturated heterocycles.